The second-order valence-electron chi connectivity index (χ2n) is 7.59. The summed E-state index contributed by atoms with van der Waals surface area (Å²) in [5.74, 6) is 0.718. The molecule has 0 spiro atoms. The van der Waals surface area contributed by atoms with Gasteiger partial charge in [-0.1, -0.05) is 20.8 Å². The molecule has 5 heteroatoms. The Hall–Kier alpha value is -1.07. The quantitative estimate of drug-likeness (QED) is 0.862. The van der Waals surface area contributed by atoms with Crippen LogP contribution in [0.2, 0.25) is 0 Å². The highest BCUT2D eigenvalue weighted by Crippen LogP contribution is 2.29. The van der Waals surface area contributed by atoms with E-state index in [2.05, 4.69) is 25.5 Å². The molecule has 0 atom stereocenters. The number of hydrogen-bond donors (Lipinski definition) is 1. The van der Waals surface area contributed by atoms with Gasteiger partial charge in [0.2, 0.25) is 10.0 Å². The number of rotatable bonds is 6. The van der Waals surface area contributed by atoms with E-state index >= 15 is 0 Å². The second kappa shape index (κ2) is 6.59. The van der Waals surface area contributed by atoms with Gasteiger partial charge < -0.3 is 4.74 Å². The predicted molar refractivity (Wildman–Crippen MR) is 90.8 cm³/mol. The molecule has 0 radical (unpaired) electrons. The summed E-state index contributed by atoms with van der Waals surface area (Å²) in [5, 5.41) is 0. The molecule has 0 aliphatic heterocycles. The van der Waals surface area contributed by atoms with Gasteiger partial charge in [-0.15, -0.1) is 0 Å². The molecule has 0 saturated carbocycles. The molecule has 22 heavy (non-hydrogen) atoms. The van der Waals surface area contributed by atoms with Crippen molar-refractivity contribution >= 4 is 10.0 Å². The van der Waals surface area contributed by atoms with Gasteiger partial charge in [0.25, 0.3) is 0 Å². The maximum Gasteiger partial charge on any atom is 0.241 e. The lowest BCUT2D eigenvalue weighted by molar-refractivity contribution is 0.269. The molecule has 0 aliphatic carbocycles. The average molecular weight is 327 g/mol. The summed E-state index contributed by atoms with van der Waals surface area (Å²) in [6, 6.07) is 4.96. The minimum Gasteiger partial charge on any atom is -0.494 e. The highest BCUT2D eigenvalue weighted by Gasteiger charge is 2.30. The Morgan fingerprint density at radius 2 is 1.73 bits per heavy atom. The summed E-state index contributed by atoms with van der Waals surface area (Å²) >= 11 is 0. The fourth-order valence-corrected chi connectivity index (χ4v) is 4.39. The van der Waals surface area contributed by atoms with Crippen molar-refractivity contribution < 1.29 is 13.2 Å². The summed E-state index contributed by atoms with van der Waals surface area (Å²) in [6.07, 6.45) is 0.745. The zero-order chi connectivity index (χ0) is 17.2. The SMILES string of the molecule is CCOc1ccc(S(=O)(=O)NC(C)(C)CC(C)(C)C)cc1C. The van der Waals surface area contributed by atoms with E-state index in [1.807, 2.05) is 27.7 Å². The zero-order valence-corrected chi connectivity index (χ0v) is 15.6. The number of hydrogen-bond acceptors (Lipinski definition) is 3. The average Bonchev–Trinajstić information content (AvgIpc) is 2.26. The molecule has 0 aromatic heterocycles. The molecule has 1 aromatic rings. The lowest BCUT2D eigenvalue weighted by Crippen LogP contribution is -2.45. The first kappa shape index (κ1) is 19.0. The first-order valence-corrected chi connectivity index (χ1v) is 9.12. The minimum atomic E-state index is -3.55. The largest absolute Gasteiger partial charge is 0.494 e. The maximum absolute atomic E-state index is 12.6. The monoisotopic (exact) mass is 327 g/mol. The van der Waals surface area contributed by atoms with Crippen molar-refractivity contribution in [3.63, 3.8) is 0 Å². The Morgan fingerprint density at radius 1 is 1.14 bits per heavy atom. The van der Waals surface area contributed by atoms with E-state index in [9.17, 15) is 8.42 Å². The van der Waals surface area contributed by atoms with Gasteiger partial charge in [-0.3, -0.25) is 0 Å². The standard InChI is InChI=1S/C17H29NO3S/c1-8-21-15-10-9-14(11-13(15)2)22(19,20)18-17(6,7)12-16(3,4)5/h9-11,18H,8,12H2,1-7H3. The minimum absolute atomic E-state index is 0.0424. The van der Waals surface area contributed by atoms with Gasteiger partial charge in [0.15, 0.2) is 0 Å². The number of nitrogens with one attached hydrogen (secondary N) is 1. The molecule has 0 aliphatic rings. The molecule has 0 bridgehead atoms. The Kier molecular flexibility index (Phi) is 5.68. The Bertz CT molecular complexity index is 613. The number of sulfonamides is 1. The molecule has 0 amide bonds. The first-order chi connectivity index (χ1) is 9.86. The molecule has 126 valence electrons. The molecule has 0 heterocycles. The number of ether oxygens (including phenoxy) is 1. The van der Waals surface area contributed by atoms with Crippen molar-refractivity contribution in [2.75, 3.05) is 6.61 Å². The Labute approximate surface area is 135 Å². The van der Waals surface area contributed by atoms with Crippen LogP contribution in [0, 0.1) is 12.3 Å². The third kappa shape index (κ3) is 5.61. The second-order valence-corrected chi connectivity index (χ2v) is 9.27. The van der Waals surface area contributed by atoms with Gasteiger partial charge in [0.05, 0.1) is 11.5 Å². The highest BCUT2D eigenvalue weighted by molar-refractivity contribution is 7.89. The van der Waals surface area contributed by atoms with Crippen molar-refractivity contribution in [3.8, 4) is 5.75 Å². The molecule has 0 fully saturated rings. The molecule has 1 aromatic carbocycles. The van der Waals surface area contributed by atoms with E-state index in [0.717, 1.165) is 17.7 Å². The van der Waals surface area contributed by atoms with Crippen LogP contribution in [0.4, 0.5) is 0 Å². The molecule has 1 rings (SSSR count). The normalized spacial score (nSPS) is 13.2. The van der Waals surface area contributed by atoms with E-state index in [1.165, 1.54) is 0 Å². The van der Waals surface area contributed by atoms with Crippen LogP contribution in [0.15, 0.2) is 23.1 Å². The molecule has 1 N–H and O–H groups in total. The molecular weight excluding hydrogens is 298 g/mol. The first-order valence-electron chi connectivity index (χ1n) is 7.64. The van der Waals surface area contributed by atoms with E-state index < -0.39 is 15.6 Å². The van der Waals surface area contributed by atoms with Gasteiger partial charge in [0.1, 0.15) is 5.75 Å². The molecular formula is C17H29NO3S. The van der Waals surface area contributed by atoms with Crippen LogP contribution in [0.25, 0.3) is 0 Å². The topological polar surface area (TPSA) is 55.4 Å². The predicted octanol–water partition coefficient (Wildman–Crippen LogP) is 3.89. The van der Waals surface area contributed by atoms with E-state index in [-0.39, 0.29) is 10.3 Å². The fraction of sp³-hybridized carbons (Fsp3) is 0.647. The molecule has 0 saturated heterocycles. The highest BCUT2D eigenvalue weighted by atomic mass is 32.2. The molecule has 0 unspecified atom stereocenters. The van der Waals surface area contributed by atoms with Crippen LogP contribution < -0.4 is 9.46 Å². The van der Waals surface area contributed by atoms with Crippen molar-refractivity contribution in [2.45, 2.75) is 65.3 Å². The van der Waals surface area contributed by atoms with E-state index in [0.29, 0.717) is 6.61 Å². The van der Waals surface area contributed by atoms with Gasteiger partial charge in [-0.2, -0.15) is 0 Å². The van der Waals surface area contributed by atoms with Crippen molar-refractivity contribution in [1.82, 2.24) is 4.72 Å². The van der Waals surface area contributed by atoms with Crippen LogP contribution in [0.3, 0.4) is 0 Å². The summed E-state index contributed by atoms with van der Waals surface area (Å²) in [5.41, 5.74) is 0.350. The zero-order valence-electron chi connectivity index (χ0n) is 14.8. The van der Waals surface area contributed by atoms with Crippen molar-refractivity contribution in [1.29, 1.82) is 0 Å². The summed E-state index contributed by atoms with van der Waals surface area (Å²) < 4.78 is 33.5. The van der Waals surface area contributed by atoms with Crippen LogP contribution in [-0.4, -0.2) is 20.6 Å². The molecule has 4 nitrogen and oxygen atoms in total. The summed E-state index contributed by atoms with van der Waals surface area (Å²) in [7, 11) is -3.55. The maximum atomic E-state index is 12.6. The van der Waals surface area contributed by atoms with Crippen molar-refractivity contribution in [3.05, 3.63) is 23.8 Å². The van der Waals surface area contributed by atoms with Gasteiger partial charge in [0, 0.05) is 5.54 Å². The smallest absolute Gasteiger partial charge is 0.241 e. The van der Waals surface area contributed by atoms with Gasteiger partial charge >= 0.3 is 0 Å². The third-order valence-electron chi connectivity index (χ3n) is 3.14. The Morgan fingerprint density at radius 3 is 2.18 bits per heavy atom. The number of aryl methyl sites for hydroxylation is 1. The lowest BCUT2D eigenvalue weighted by Gasteiger charge is -2.33. The van der Waals surface area contributed by atoms with Gasteiger partial charge in [-0.05, 0) is 63.3 Å². The summed E-state index contributed by atoms with van der Waals surface area (Å²) in [4.78, 5) is 0.274. The number of benzene rings is 1. The van der Waals surface area contributed by atoms with Crippen LogP contribution in [0.5, 0.6) is 5.75 Å². The van der Waals surface area contributed by atoms with Crippen LogP contribution >= 0.6 is 0 Å². The van der Waals surface area contributed by atoms with Crippen LogP contribution in [0.1, 0.15) is 53.5 Å². The fourth-order valence-electron chi connectivity index (χ4n) is 2.89. The summed E-state index contributed by atoms with van der Waals surface area (Å²) in [6.45, 7) is 14.4. The van der Waals surface area contributed by atoms with Gasteiger partial charge in [-0.25, -0.2) is 13.1 Å². The van der Waals surface area contributed by atoms with E-state index in [4.69, 9.17) is 4.74 Å². The third-order valence-corrected chi connectivity index (χ3v) is 4.84. The Balaban J connectivity index is 3.02. The lowest BCUT2D eigenvalue weighted by atomic mass is 9.82. The van der Waals surface area contributed by atoms with E-state index in [1.54, 1.807) is 18.2 Å². The van der Waals surface area contributed by atoms with Crippen molar-refractivity contribution in [2.24, 2.45) is 5.41 Å². The van der Waals surface area contributed by atoms with Crippen LogP contribution in [-0.2, 0) is 10.0 Å².